The van der Waals surface area contributed by atoms with Crippen LogP contribution in [0.3, 0.4) is 0 Å². The van der Waals surface area contributed by atoms with Gasteiger partial charge in [-0.25, -0.2) is 22.9 Å². The fourth-order valence-electron chi connectivity index (χ4n) is 2.77. The molecule has 3 unspecified atom stereocenters. The molecule has 1 aliphatic heterocycles. The van der Waals surface area contributed by atoms with Crippen LogP contribution in [-0.2, 0) is 26.9 Å². The molecule has 29 heavy (non-hydrogen) atoms. The molecule has 0 bridgehead atoms. The summed E-state index contributed by atoms with van der Waals surface area (Å²) in [7, 11) is 0. The van der Waals surface area contributed by atoms with Gasteiger partial charge in [-0.15, -0.1) is 0 Å². The van der Waals surface area contributed by atoms with Crippen molar-refractivity contribution < 1.29 is 67.2 Å². The Labute approximate surface area is 153 Å². The molecular weight excluding hydrogens is 444 g/mol. The smallest absolute Gasteiger partial charge is 0.339 e. The lowest BCUT2D eigenvalue weighted by atomic mass is 9.87. The first-order chi connectivity index (χ1) is 13.0. The molecule has 0 aromatic heterocycles. The van der Waals surface area contributed by atoms with Crippen LogP contribution in [0.1, 0.15) is 29.7 Å². The molecule has 0 spiro atoms. The van der Waals surface area contributed by atoms with Crippen LogP contribution in [0, 0.1) is 23.4 Å². The number of ether oxygens (including phenoxy) is 1. The highest BCUT2D eigenvalue weighted by atomic mass is 19.4. The van der Waals surface area contributed by atoms with Crippen molar-refractivity contribution in [3.63, 3.8) is 0 Å². The second-order valence-electron chi connectivity index (χ2n) is 5.84. The zero-order valence-corrected chi connectivity index (χ0v) is 13.7. The van der Waals surface area contributed by atoms with E-state index in [1.165, 1.54) is 0 Å². The molecule has 1 fully saturated rings. The molecule has 0 N–H and O–H groups in total. The normalized spacial score (nSPS) is 24.5. The van der Waals surface area contributed by atoms with Gasteiger partial charge in [-0.1, -0.05) is 6.92 Å². The van der Waals surface area contributed by atoms with Crippen LogP contribution in [0.4, 0.5) is 52.7 Å². The molecule has 3 atom stereocenters. The molecule has 15 heteroatoms. The van der Waals surface area contributed by atoms with E-state index < -0.39 is 77.6 Å². The van der Waals surface area contributed by atoms with E-state index >= 15 is 0 Å². The lowest BCUT2D eigenvalue weighted by Crippen LogP contribution is -2.39. The molecular formula is C14H8F12O3. The van der Waals surface area contributed by atoms with Crippen LogP contribution in [0.2, 0.25) is 0 Å². The number of alkyl halides is 9. The van der Waals surface area contributed by atoms with E-state index in [-0.39, 0.29) is 0 Å². The van der Waals surface area contributed by atoms with Gasteiger partial charge in [0.1, 0.15) is 17.2 Å². The Bertz CT molecular complexity index is 767. The van der Waals surface area contributed by atoms with Gasteiger partial charge in [0.15, 0.2) is 30.3 Å². The largest absolute Gasteiger partial charge is 0.422 e. The molecule has 0 amide bonds. The van der Waals surface area contributed by atoms with Crippen molar-refractivity contribution >= 4 is 0 Å². The van der Waals surface area contributed by atoms with E-state index in [9.17, 15) is 52.7 Å². The van der Waals surface area contributed by atoms with Crippen molar-refractivity contribution in [3.05, 3.63) is 34.1 Å². The Kier molecular flexibility index (Phi) is 6.09. The molecule has 3 nitrogen and oxygen atoms in total. The zero-order valence-electron chi connectivity index (χ0n) is 13.7. The lowest BCUT2D eigenvalue weighted by molar-refractivity contribution is -0.354. The Morgan fingerprint density at radius 1 is 0.759 bits per heavy atom. The number of rotatable bonds is 1. The maximum Gasteiger partial charge on any atom is 0.422 e. The van der Waals surface area contributed by atoms with Gasteiger partial charge in [0.25, 0.3) is 0 Å². The average Bonchev–Trinajstić information content (AvgIpc) is 2.69. The fraction of sp³-hybridized carbons (Fsp3) is 0.571. The summed E-state index contributed by atoms with van der Waals surface area (Å²) in [5.41, 5.74) is -8.43. The first-order valence-electron chi connectivity index (χ1n) is 7.30. The molecule has 2 rings (SSSR count). The monoisotopic (exact) mass is 452 g/mol. The Balaban J connectivity index is 2.84. The van der Waals surface area contributed by atoms with E-state index in [1.807, 2.05) is 0 Å². The lowest BCUT2D eigenvalue weighted by Gasteiger charge is -2.29. The van der Waals surface area contributed by atoms with E-state index in [2.05, 4.69) is 14.5 Å². The van der Waals surface area contributed by atoms with Crippen LogP contribution in [0.5, 0.6) is 0 Å². The highest BCUT2D eigenvalue weighted by Crippen LogP contribution is 2.48. The second kappa shape index (κ2) is 7.50. The third kappa shape index (κ3) is 4.40. The second-order valence-corrected chi connectivity index (χ2v) is 5.84. The molecule has 0 aliphatic carbocycles. The summed E-state index contributed by atoms with van der Waals surface area (Å²) in [4.78, 5) is 8.23. The molecule has 1 saturated heterocycles. The van der Waals surface area contributed by atoms with E-state index in [4.69, 9.17) is 0 Å². The predicted molar refractivity (Wildman–Crippen MR) is 66.2 cm³/mol. The molecule has 1 heterocycles. The minimum Gasteiger partial charge on any atom is -0.339 e. The molecule has 166 valence electrons. The third-order valence-corrected chi connectivity index (χ3v) is 3.95. The summed E-state index contributed by atoms with van der Waals surface area (Å²) in [6, 6.07) is 0. The van der Waals surface area contributed by atoms with Gasteiger partial charge in [0.2, 0.25) is 0 Å². The third-order valence-electron chi connectivity index (χ3n) is 3.95. The number of hydrogen-bond acceptors (Lipinski definition) is 3. The topological polar surface area (TPSA) is 27.7 Å². The van der Waals surface area contributed by atoms with E-state index in [1.54, 1.807) is 0 Å². The van der Waals surface area contributed by atoms with Crippen molar-refractivity contribution in [1.29, 1.82) is 0 Å². The Morgan fingerprint density at radius 3 is 1.72 bits per heavy atom. The predicted octanol–water partition coefficient (Wildman–Crippen LogP) is 5.69. The standard InChI is InChI=1S/C14H8F12O3/c1-3-10(29-28-2-27-11(3)14(24,25)26)4-5(12(18,19)20)8(16)6(13(21,22)23)9(17)7(4)15/h3,10-11H,2H2,1H3. The Hall–Kier alpha value is -1.74. The molecule has 1 aromatic carbocycles. The summed E-state index contributed by atoms with van der Waals surface area (Å²) in [5, 5.41) is 0. The first kappa shape index (κ1) is 23.5. The highest BCUT2D eigenvalue weighted by molar-refractivity contribution is 5.41. The zero-order chi connectivity index (χ0) is 22.5. The minimum atomic E-state index is -6.09. The number of benzene rings is 1. The maximum absolute atomic E-state index is 14.3. The minimum absolute atomic E-state index is 0.518. The van der Waals surface area contributed by atoms with Gasteiger partial charge in [-0.05, 0) is 0 Å². The van der Waals surface area contributed by atoms with Crippen molar-refractivity contribution in [2.24, 2.45) is 5.92 Å². The average molecular weight is 452 g/mol. The quantitative estimate of drug-likeness (QED) is 0.312. The van der Waals surface area contributed by atoms with Gasteiger partial charge in [0.05, 0.1) is 0 Å². The van der Waals surface area contributed by atoms with Gasteiger partial charge >= 0.3 is 18.5 Å². The highest BCUT2D eigenvalue weighted by Gasteiger charge is 2.54. The van der Waals surface area contributed by atoms with Gasteiger partial charge in [-0.3, -0.25) is 0 Å². The summed E-state index contributed by atoms with van der Waals surface area (Å²) < 4.78 is 164. The van der Waals surface area contributed by atoms with Crippen LogP contribution >= 0.6 is 0 Å². The summed E-state index contributed by atoms with van der Waals surface area (Å²) in [6.45, 7) is -0.801. The van der Waals surface area contributed by atoms with Crippen LogP contribution in [0.15, 0.2) is 0 Å². The van der Waals surface area contributed by atoms with Crippen LogP contribution in [0.25, 0.3) is 0 Å². The van der Waals surface area contributed by atoms with Crippen LogP contribution < -0.4 is 0 Å². The molecule has 1 aliphatic rings. The van der Waals surface area contributed by atoms with Crippen molar-refractivity contribution in [3.8, 4) is 0 Å². The van der Waals surface area contributed by atoms with E-state index in [0.29, 0.717) is 6.92 Å². The van der Waals surface area contributed by atoms with Crippen LogP contribution in [-0.4, -0.2) is 19.1 Å². The molecule has 0 radical (unpaired) electrons. The maximum atomic E-state index is 14.3. The van der Waals surface area contributed by atoms with E-state index in [0.717, 1.165) is 0 Å². The summed E-state index contributed by atoms with van der Waals surface area (Å²) in [6.07, 6.45) is -23.2. The Morgan fingerprint density at radius 2 is 1.28 bits per heavy atom. The first-order valence-corrected chi connectivity index (χ1v) is 7.30. The summed E-state index contributed by atoms with van der Waals surface area (Å²) >= 11 is 0. The van der Waals surface area contributed by atoms with Gasteiger partial charge in [-0.2, -0.15) is 39.5 Å². The van der Waals surface area contributed by atoms with Gasteiger partial charge < -0.3 is 4.74 Å². The summed E-state index contributed by atoms with van der Waals surface area (Å²) in [5.74, 6) is -11.6. The van der Waals surface area contributed by atoms with Crippen molar-refractivity contribution in [1.82, 2.24) is 0 Å². The number of hydrogen-bond donors (Lipinski definition) is 0. The van der Waals surface area contributed by atoms with Crippen molar-refractivity contribution in [2.45, 2.75) is 37.7 Å². The SMILES string of the molecule is CC1C(c2c(F)c(F)c(C(F)(F)F)c(F)c2C(F)(F)F)OOCOC1C(F)(F)F. The number of halogens is 12. The fourth-order valence-corrected chi connectivity index (χ4v) is 2.77. The van der Waals surface area contributed by atoms with Crippen molar-refractivity contribution in [2.75, 3.05) is 6.79 Å². The molecule has 1 aromatic rings. The van der Waals surface area contributed by atoms with Gasteiger partial charge in [0, 0.05) is 11.5 Å². The molecule has 0 saturated carbocycles.